The number of hydrogen-bond donors (Lipinski definition) is 1. The minimum atomic E-state index is -4.41. The summed E-state index contributed by atoms with van der Waals surface area (Å²) >= 11 is 0. The van der Waals surface area contributed by atoms with Crippen LogP contribution in [0.25, 0.3) is 49.7 Å². The Kier molecular flexibility index (Phi) is 5.04. The lowest BCUT2D eigenvalue weighted by Gasteiger charge is -2.14. The van der Waals surface area contributed by atoms with Gasteiger partial charge in [-0.3, -0.25) is 14.2 Å². The maximum atomic E-state index is 14.0. The third-order valence-electron chi connectivity index (χ3n) is 6.13. The van der Waals surface area contributed by atoms with Crippen LogP contribution >= 0.6 is 0 Å². The molecule has 4 aromatic heterocycles. The van der Waals surface area contributed by atoms with Crippen molar-refractivity contribution in [3.8, 4) is 22.3 Å². The average molecular weight is 503 g/mol. The first-order valence-corrected chi connectivity index (χ1v) is 11.4. The van der Waals surface area contributed by atoms with Gasteiger partial charge in [0, 0.05) is 55.2 Å². The van der Waals surface area contributed by atoms with E-state index < -0.39 is 12.7 Å². The smallest absolute Gasteiger partial charge is 0.361 e. The van der Waals surface area contributed by atoms with Crippen LogP contribution in [0, 0.1) is 0 Å². The van der Waals surface area contributed by atoms with Gasteiger partial charge in [-0.2, -0.15) is 23.4 Å². The molecule has 0 aliphatic rings. The topological polar surface area (TPSA) is 82.0 Å². The second-order valence-corrected chi connectivity index (χ2v) is 8.91. The van der Waals surface area contributed by atoms with E-state index in [1.165, 1.54) is 6.07 Å². The Morgan fingerprint density at radius 2 is 1.49 bits per heavy atom. The van der Waals surface area contributed by atoms with Gasteiger partial charge >= 0.3 is 6.18 Å². The number of fused-ring (bicyclic) bond motifs is 3. The molecular formula is C26H20F3N7O. The molecule has 2 aromatic carbocycles. The van der Waals surface area contributed by atoms with Crippen LogP contribution in [0.1, 0.15) is 0 Å². The second kappa shape index (κ2) is 8.19. The van der Waals surface area contributed by atoms with E-state index in [4.69, 9.17) is 0 Å². The largest absolute Gasteiger partial charge is 0.405 e. The highest BCUT2D eigenvalue weighted by Gasteiger charge is 2.27. The van der Waals surface area contributed by atoms with Gasteiger partial charge in [-0.05, 0) is 41.5 Å². The number of aryl methyl sites for hydroxylation is 2. The van der Waals surface area contributed by atoms with E-state index >= 15 is 0 Å². The SMILES string of the molecule is Cn1cc2cc(-c3cn4ccc(NCC(F)(F)F)nc4c(-c4ccc5nn(C)cc5c4)c3=O)ccc2n1. The molecule has 0 fully saturated rings. The molecular weight excluding hydrogens is 483 g/mol. The second-order valence-electron chi connectivity index (χ2n) is 8.91. The first kappa shape index (κ1) is 22.8. The van der Waals surface area contributed by atoms with Crippen LogP contribution < -0.4 is 10.7 Å². The zero-order valence-corrected chi connectivity index (χ0v) is 19.8. The van der Waals surface area contributed by atoms with Crippen LogP contribution in [0.3, 0.4) is 0 Å². The van der Waals surface area contributed by atoms with Crippen molar-refractivity contribution in [1.29, 1.82) is 0 Å². The molecule has 8 nitrogen and oxygen atoms in total. The minimum Gasteiger partial charge on any atom is -0.361 e. The Labute approximate surface area is 207 Å². The number of alkyl halides is 3. The molecule has 37 heavy (non-hydrogen) atoms. The van der Waals surface area contributed by atoms with Gasteiger partial charge in [0.15, 0.2) is 11.1 Å². The summed E-state index contributed by atoms with van der Waals surface area (Å²) in [4.78, 5) is 18.4. The lowest BCUT2D eigenvalue weighted by Crippen LogP contribution is -2.22. The van der Waals surface area contributed by atoms with Crippen molar-refractivity contribution >= 4 is 33.3 Å². The van der Waals surface area contributed by atoms with Crippen LogP contribution in [0.4, 0.5) is 19.0 Å². The van der Waals surface area contributed by atoms with Crippen molar-refractivity contribution in [1.82, 2.24) is 28.9 Å². The number of nitrogens with one attached hydrogen (secondary N) is 1. The number of halogens is 3. The van der Waals surface area contributed by atoms with Crippen molar-refractivity contribution in [2.24, 2.45) is 14.1 Å². The Bertz CT molecular complexity index is 1880. The van der Waals surface area contributed by atoms with E-state index in [2.05, 4.69) is 20.5 Å². The van der Waals surface area contributed by atoms with E-state index in [-0.39, 0.29) is 22.5 Å². The lowest BCUT2D eigenvalue weighted by atomic mass is 9.98. The normalized spacial score (nSPS) is 12.1. The number of benzene rings is 2. The highest BCUT2D eigenvalue weighted by Crippen LogP contribution is 2.29. The lowest BCUT2D eigenvalue weighted by molar-refractivity contribution is -0.115. The summed E-state index contributed by atoms with van der Waals surface area (Å²) in [6.07, 6.45) is 2.55. The Balaban J connectivity index is 1.59. The van der Waals surface area contributed by atoms with Gasteiger partial charge in [-0.15, -0.1) is 0 Å². The molecule has 186 valence electrons. The molecule has 0 amide bonds. The third kappa shape index (κ3) is 4.18. The number of aromatic nitrogens is 6. The summed E-state index contributed by atoms with van der Waals surface area (Å²) in [6, 6.07) is 12.4. The molecule has 0 atom stereocenters. The van der Waals surface area contributed by atoms with Crippen LogP contribution in [0.15, 0.2) is 72.0 Å². The molecule has 0 saturated carbocycles. The summed E-state index contributed by atoms with van der Waals surface area (Å²) in [7, 11) is 3.63. The summed E-state index contributed by atoms with van der Waals surface area (Å²) in [5.41, 5.74) is 3.52. The molecule has 0 bridgehead atoms. The first-order valence-electron chi connectivity index (χ1n) is 11.4. The molecule has 0 aliphatic heterocycles. The van der Waals surface area contributed by atoms with Crippen LogP contribution in [-0.4, -0.2) is 41.7 Å². The summed E-state index contributed by atoms with van der Waals surface area (Å²) in [5, 5.41) is 12.8. The number of hydrogen-bond acceptors (Lipinski definition) is 5. The fourth-order valence-electron chi connectivity index (χ4n) is 4.53. The molecule has 6 rings (SSSR count). The van der Waals surface area contributed by atoms with Crippen molar-refractivity contribution in [2.45, 2.75) is 6.18 Å². The summed E-state index contributed by atoms with van der Waals surface area (Å²) < 4.78 is 43.5. The third-order valence-corrected chi connectivity index (χ3v) is 6.13. The molecule has 11 heteroatoms. The maximum absolute atomic E-state index is 14.0. The summed E-state index contributed by atoms with van der Waals surface area (Å²) in [5.74, 6) is 0.0185. The van der Waals surface area contributed by atoms with E-state index in [1.807, 2.05) is 43.7 Å². The number of pyridine rings is 1. The maximum Gasteiger partial charge on any atom is 0.405 e. The standard InChI is InChI=1S/C26H20F3N7O/c1-34-11-17-9-15(3-5-20(17)32-34)19-13-36-8-7-22(30-14-26(27,28)29)31-25(36)23(24(19)37)16-4-6-21-18(10-16)12-35(2)33-21/h3-13H,14H2,1-2H3,(H,30,31). The van der Waals surface area contributed by atoms with E-state index in [9.17, 15) is 18.0 Å². The molecule has 1 N–H and O–H groups in total. The van der Waals surface area contributed by atoms with Gasteiger partial charge in [-0.1, -0.05) is 12.1 Å². The van der Waals surface area contributed by atoms with Crippen molar-refractivity contribution in [2.75, 3.05) is 11.9 Å². The van der Waals surface area contributed by atoms with Gasteiger partial charge in [-0.25, -0.2) is 4.98 Å². The zero-order chi connectivity index (χ0) is 25.9. The fraction of sp³-hybridized carbons (Fsp3) is 0.154. The van der Waals surface area contributed by atoms with Gasteiger partial charge < -0.3 is 9.72 Å². The average Bonchev–Trinajstić information content (AvgIpc) is 3.41. The van der Waals surface area contributed by atoms with Gasteiger partial charge in [0.1, 0.15) is 12.4 Å². The Hall–Kier alpha value is -4.67. The van der Waals surface area contributed by atoms with E-state index in [0.717, 1.165) is 21.8 Å². The van der Waals surface area contributed by atoms with Crippen molar-refractivity contribution in [3.63, 3.8) is 0 Å². The molecule has 0 unspecified atom stereocenters. The minimum absolute atomic E-state index is 0.0185. The van der Waals surface area contributed by atoms with Crippen LogP contribution in [0.5, 0.6) is 0 Å². The molecule has 0 radical (unpaired) electrons. The van der Waals surface area contributed by atoms with Gasteiger partial charge in [0.25, 0.3) is 0 Å². The number of nitrogens with zero attached hydrogens (tertiary/aromatic N) is 6. The number of rotatable bonds is 4. The monoisotopic (exact) mass is 503 g/mol. The predicted molar refractivity (Wildman–Crippen MR) is 135 cm³/mol. The van der Waals surface area contributed by atoms with Gasteiger partial charge in [0.2, 0.25) is 0 Å². The molecule has 0 aliphatic carbocycles. The zero-order valence-electron chi connectivity index (χ0n) is 19.8. The highest BCUT2D eigenvalue weighted by atomic mass is 19.4. The highest BCUT2D eigenvalue weighted by molar-refractivity contribution is 5.90. The van der Waals surface area contributed by atoms with E-state index in [1.54, 1.807) is 45.3 Å². The Morgan fingerprint density at radius 3 is 2.14 bits per heavy atom. The van der Waals surface area contributed by atoms with Crippen molar-refractivity contribution < 1.29 is 13.2 Å². The molecule has 4 heterocycles. The quantitative estimate of drug-likeness (QED) is 0.375. The first-order chi connectivity index (χ1) is 17.6. The predicted octanol–water partition coefficient (Wildman–Crippen LogP) is 4.78. The Morgan fingerprint density at radius 1 is 0.865 bits per heavy atom. The fourth-order valence-corrected chi connectivity index (χ4v) is 4.53. The molecule has 0 saturated heterocycles. The van der Waals surface area contributed by atoms with Crippen molar-refractivity contribution in [3.05, 3.63) is 77.5 Å². The molecule has 0 spiro atoms. The summed E-state index contributed by atoms with van der Waals surface area (Å²) in [6.45, 7) is -1.24. The number of anilines is 1. The van der Waals surface area contributed by atoms with Crippen LogP contribution in [-0.2, 0) is 14.1 Å². The van der Waals surface area contributed by atoms with E-state index in [0.29, 0.717) is 16.7 Å². The van der Waals surface area contributed by atoms with Gasteiger partial charge in [0.05, 0.1) is 16.6 Å². The van der Waals surface area contributed by atoms with Crippen LogP contribution in [0.2, 0.25) is 0 Å². The molecule has 6 aromatic rings.